The quantitative estimate of drug-likeness (QED) is 0.517. The molecule has 3 aromatic carbocycles. The third-order valence-corrected chi connectivity index (χ3v) is 4.40. The second kappa shape index (κ2) is 5.49. The molecule has 4 nitrogen and oxygen atoms in total. The van der Waals surface area contributed by atoms with Crippen molar-refractivity contribution < 1.29 is 9.15 Å². The van der Waals surface area contributed by atoms with Crippen LogP contribution < -0.4 is 15.2 Å². The van der Waals surface area contributed by atoms with Gasteiger partial charge in [-0.05, 0) is 35.6 Å². The molecule has 0 aliphatic carbocycles. The van der Waals surface area contributed by atoms with Gasteiger partial charge < -0.3 is 14.5 Å². The number of rotatable bonds is 1. The number of nitrogens with zero attached hydrogens (tertiary/aromatic N) is 2. The molecule has 0 radical (unpaired) electrons. The molecule has 0 atom stereocenters. The third kappa shape index (κ3) is 2.43. The highest BCUT2D eigenvalue weighted by Crippen LogP contribution is 2.45. The molecule has 126 valence electrons. The molecule has 0 fully saturated rings. The van der Waals surface area contributed by atoms with Crippen LogP contribution in [0.5, 0.6) is 5.75 Å². The van der Waals surface area contributed by atoms with Gasteiger partial charge in [-0.25, -0.2) is 4.98 Å². The molecule has 0 N–H and O–H groups in total. The predicted octanol–water partition coefficient (Wildman–Crippen LogP) is 4.38. The Morgan fingerprint density at radius 2 is 1.73 bits per heavy atom. The van der Waals surface area contributed by atoms with Gasteiger partial charge in [-0.15, -0.1) is 0 Å². The third-order valence-electron chi connectivity index (χ3n) is 4.40. The Hall–Kier alpha value is -3.53. The van der Waals surface area contributed by atoms with Crippen molar-refractivity contribution >= 4 is 29.2 Å². The Morgan fingerprint density at radius 1 is 0.962 bits per heavy atom. The van der Waals surface area contributed by atoms with Crippen LogP contribution in [0.4, 0.5) is 5.69 Å². The van der Waals surface area contributed by atoms with Gasteiger partial charge in [0, 0.05) is 17.5 Å². The second-order valence-corrected chi connectivity index (χ2v) is 6.39. The van der Waals surface area contributed by atoms with Gasteiger partial charge in [-0.3, -0.25) is 0 Å². The standard InChI is InChI=1S/C22H15N2O2/c1-13-3-7-15(8-4-13)21-23-17-11-18-20(12-19(17)25-21)26-22(24-18)16-9-5-14(2)6-10-16/h3-12H,1H2,2H3/q-1. The van der Waals surface area contributed by atoms with Crippen molar-refractivity contribution in [3.63, 3.8) is 0 Å². The molecule has 0 amide bonds. The summed E-state index contributed by atoms with van der Waals surface area (Å²) in [5.74, 6) is 1.85. The van der Waals surface area contributed by atoms with Gasteiger partial charge in [0.15, 0.2) is 5.58 Å². The molecule has 0 unspecified atom stereocenters. The van der Waals surface area contributed by atoms with E-state index in [4.69, 9.17) is 9.15 Å². The minimum Gasteiger partial charge on any atom is -0.623 e. The van der Waals surface area contributed by atoms with E-state index < -0.39 is 0 Å². The Labute approximate surface area is 150 Å². The Kier molecular flexibility index (Phi) is 3.12. The smallest absolute Gasteiger partial charge is 0.227 e. The van der Waals surface area contributed by atoms with Crippen molar-refractivity contribution in [1.29, 1.82) is 0 Å². The average Bonchev–Trinajstić information content (AvgIpc) is 3.23. The fraction of sp³-hybridized carbons (Fsp3) is 0.0455. The highest BCUT2D eigenvalue weighted by atomic mass is 16.5. The van der Waals surface area contributed by atoms with Crippen LogP contribution in [-0.4, -0.2) is 4.98 Å². The summed E-state index contributed by atoms with van der Waals surface area (Å²) in [4.78, 5) is 4.60. The Bertz CT molecular complexity index is 1190. The zero-order valence-corrected chi connectivity index (χ0v) is 14.2. The highest BCUT2D eigenvalue weighted by molar-refractivity contribution is 5.90. The lowest BCUT2D eigenvalue weighted by molar-refractivity contribution is 0.530. The minimum absolute atomic E-state index is 0.575. The predicted molar refractivity (Wildman–Crippen MR) is 102 cm³/mol. The molecule has 4 heteroatoms. The molecule has 0 saturated carbocycles. The van der Waals surface area contributed by atoms with Crippen molar-refractivity contribution in [2.75, 3.05) is 0 Å². The van der Waals surface area contributed by atoms with Crippen LogP contribution in [0.3, 0.4) is 0 Å². The van der Waals surface area contributed by atoms with Gasteiger partial charge in [0.2, 0.25) is 5.89 Å². The Morgan fingerprint density at radius 3 is 2.50 bits per heavy atom. The highest BCUT2D eigenvalue weighted by Gasteiger charge is 2.13. The van der Waals surface area contributed by atoms with Gasteiger partial charge in [0.25, 0.3) is 0 Å². The first-order chi connectivity index (χ1) is 12.7. The summed E-state index contributed by atoms with van der Waals surface area (Å²) >= 11 is 0. The zero-order chi connectivity index (χ0) is 17.7. The van der Waals surface area contributed by atoms with Crippen LogP contribution in [0.2, 0.25) is 0 Å². The van der Waals surface area contributed by atoms with E-state index in [0.29, 0.717) is 23.1 Å². The molecule has 0 saturated heterocycles. The fourth-order valence-electron chi connectivity index (χ4n) is 2.94. The number of ether oxygens (including phenoxy) is 1. The van der Waals surface area contributed by atoms with E-state index in [1.165, 1.54) is 5.56 Å². The van der Waals surface area contributed by atoms with Gasteiger partial charge in [-0.2, -0.15) is 0 Å². The summed E-state index contributed by atoms with van der Waals surface area (Å²) in [6, 6.07) is 19.6. The second-order valence-electron chi connectivity index (χ2n) is 6.39. The summed E-state index contributed by atoms with van der Waals surface area (Å²) in [7, 11) is 0. The van der Waals surface area contributed by atoms with Crippen molar-refractivity contribution in [3.05, 3.63) is 82.0 Å². The first kappa shape index (κ1) is 14.8. The summed E-state index contributed by atoms with van der Waals surface area (Å²) in [6.07, 6.45) is 0. The minimum atomic E-state index is 0.575. The molecule has 1 aliphatic heterocycles. The van der Waals surface area contributed by atoms with E-state index in [9.17, 15) is 0 Å². The normalized spacial score (nSPS) is 12.7. The van der Waals surface area contributed by atoms with Crippen molar-refractivity contribution in [2.45, 2.75) is 6.92 Å². The van der Waals surface area contributed by atoms with E-state index in [2.05, 4.69) is 23.8 Å². The van der Waals surface area contributed by atoms with E-state index in [0.717, 1.165) is 27.2 Å². The number of hydrogen-bond acceptors (Lipinski definition) is 3. The van der Waals surface area contributed by atoms with Crippen LogP contribution in [0.25, 0.3) is 40.3 Å². The maximum Gasteiger partial charge on any atom is 0.227 e. The summed E-state index contributed by atoms with van der Waals surface area (Å²) in [5.41, 5.74) is 4.36. The molecule has 1 aliphatic rings. The first-order valence-electron chi connectivity index (χ1n) is 8.36. The van der Waals surface area contributed by atoms with E-state index >= 15 is 0 Å². The molecule has 5 rings (SSSR count). The average molecular weight is 339 g/mol. The number of oxazole rings is 1. The van der Waals surface area contributed by atoms with E-state index in [1.54, 1.807) is 0 Å². The van der Waals surface area contributed by atoms with Crippen molar-refractivity contribution in [3.8, 4) is 17.2 Å². The van der Waals surface area contributed by atoms with Crippen LogP contribution in [-0.2, 0) is 0 Å². The zero-order valence-electron chi connectivity index (χ0n) is 14.2. The molecule has 4 aromatic rings. The lowest BCUT2D eigenvalue weighted by Crippen LogP contribution is -2.10. The lowest BCUT2D eigenvalue weighted by Gasteiger charge is -2.12. The van der Waals surface area contributed by atoms with Crippen molar-refractivity contribution in [2.24, 2.45) is 0 Å². The van der Waals surface area contributed by atoms with Gasteiger partial charge in [0.05, 0.1) is 0 Å². The van der Waals surface area contributed by atoms with Gasteiger partial charge in [-0.1, -0.05) is 54.2 Å². The van der Waals surface area contributed by atoms with Crippen LogP contribution >= 0.6 is 0 Å². The molecule has 1 aromatic heterocycles. The largest absolute Gasteiger partial charge is 0.623 e. The number of hydrogen-bond donors (Lipinski definition) is 0. The molecule has 0 bridgehead atoms. The maximum atomic E-state index is 5.93. The topological polar surface area (TPSA) is 49.4 Å². The van der Waals surface area contributed by atoms with Crippen molar-refractivity contribution in [1.82, 2.24) is 4.98 Å². The van der Waals surface area contributed by atoms with Crippen LogP contribution in [0.1, 0.15) is 5.56 Å². The maximum absolute atomic E-state index is 5.93. The van der Waals surface area contributed by atoms with Crippen LogP contribution in [0.15, 0.2) is 65.1 Å². The first-order valence-corrected chi connectivity index (χ1v) is 8.36. The van der Waals surface area contributed by atoms with E-state index in [1.807, 2.05) is 60.7 Å². The summed E-state index contributed by atoms with van der Waals surface area (Å²) in [5, 5.41) is 6.46. The molecule has 26 heavy (non-hydrogen) atoms. The fourth-order valence-corrected chi connectivity index (χ4v) is 2.94. The van der Waals surface area contributed by atoms with E-state index in [-0.39, 0.29) is 0 Å². The number of aromatic nitrogens is 1. The SMILES string of the molecule is C=c1ccc(=C2[N-]c3cc4nc(-c5ccc(C)cc5)oc4cc3O2)cc1. The molecular weight excluding hydrogens is 324 g/mol. The monoisotopic (exact) mass is 339 g/mol. The number of fused-ring (bicyclic) bond motifs is 2. The Balaban J connectivity index is 1.56. The molecule has 0 spiro atoms. The molecular formula is C22H15N2O2-. The van der Waals surface area contributed by atoms with Gasteiger partial charge in [0.1, 0.15) is 11.3 Å². The van der Waals surface area contributed by atoms with Crippen LogP contribution in [0, 0.1) is 6.92 Å². The van der Waals surface area contributed by atoms with Gasteiger partial charge >= 0.3 is 0 Å². The number of aryl methyl sites for hydroxylation is 1. The lowest BCUT2D eigenvalue weighted by atomic mass is 10.1. The summed E-state index contributed by atoms with van der Waals surface area (Å²) < 4.78 is 11.8. The molecule has 2 heterocycles. The summed E-state index contributed by atoms with van der Waals surface area (Å²) in [6.45, 7) is 5.95. The number of benzene rings is 3.